The fourth-order valence-corrected chi connectivity index (χ4v) is 5.24. The summed E-state index contributed by atoms with van der Waals surface area (Å²) >= 11 is 0. The van der Waals surface area contributed by atoms with E-state index in [4.69, 9.17) is 11.1 Å². The van der Waals surface area contributed by atoms with Gasteiger partial charge in [-0.05, 0) is 60.9 Å². The average molecular weight is 572 g/mol. The Hall–Kier alpha value is -4.23. The average Bonchev–Trinajstić information content (AvgIpc) is 2.87. The minimum Gasteiger partial charge on any atom is -0.384 e. The van der Waals surface area contributed by atoms with Gasteiger partial charge in [0.2, 0.25) is 5.91 Å². The lowest BCUT2D eigenvalue weighted by Crippen LogP contribution is -2.41. The molecule has 0 saturated heterocycles. The summed E-state index contributed by atoms with van der Waals surface area (Å²) in [7, 11) is -7.56. The molecule has 0 aliphatic rings. The summed E-state index contributed by atoms with van der Waals surface area (Å²) in [6.45, 7) is 0. The van der Waals surface area contributed by atoms with E-state index in [1.54, 1.807) is 24.3 Å². The van der Waals surface area contributed by atoms with Crippen molar-refractivity contribution in [3.8, 4) is 0 Å². The molecule has 0 bridgehead atoms. The van der Waals surface area contributed by atoms with Crippen LogP contribution in [-0.4, -0.2) is 47.0 Å². The monoisotopic (exact) mass is 571 g/mol. The zero-order valence-electron chi connectivity index (χ0n) is 21.3. The van der Waals surface area contributed by atoms with Gasteiger partial charge in [0.25, 0.3) is 5.91 Å². The van der Waals surface area contributed by atoms with Crippen LogP contribution < -0.4 is 21.9 Å². The number of amidine groups is 1. The molecule has 3 rings (SSSR count). The first kappa shape index (κ1) is 29.3. The number of sulfone groups is 2. The molecule has 206 valence electrons. The molecule has 0 spiro atoms. The van der Waals surface area contributed by atoms with E-state index in [-0.39, 0.29) is 27.7 Å². The highest BCUT2D eigenvalue weighted by Gasteiger charge is 2.27. The van der Waals surface area contributed by atoms with E-state index in [0.29, 0.717) is 17.7 Å². The number of amides is 2. The first-order chi connectivity index (χ1) is 18.3. The molecule has 39 heavy (non-hydrogen) atoms. The molecule has 3 aromatic rings. The van der Waals surface area contributed by atoms with E-state index >= 15 is 0 Å². The van der Waals surface area contributed by atoms with E-state index in [2.05, 4.69) is 16.2 Å². The predicted octanol–water partition coefficient (Wildman–Crippen LogP) is 2.11. The van der Waals surface area contributed by atoms with Gasteiger partial charge < -0.3 is 11.1 Å². The molecule has 0 aliphatic heterocycles. The Morgan fingerprint density at radius 1 is 0.872 bits per heavy atom. The molecule has 11 nitrogen and oxygen atoms in total. The van der Waals surface area contributed by atoms with Gasteiger partial charge in [0, 0.05) is 23.8 Å². The number of benzene rings is 3. The summed E-state index contributed by atoms with van der Waals surface area (Å²) in [6.07, 6.45) is 2.41. The zero-order chi connectivity index (χ0) is 28.8. The fourth-order valence-electron chi connectivity index (χ4n) is 3.66. The number of hydrogen-bond acceptors (Lipinski definition) is 8. The van der Waals surface area contributed by atoms with Crippen LogP contribution in [0.2, 0.25) is 0 Å². The molecule has 6 N–H and O–H groups in total. The number of nitrogens with two attached hydrogens (primary N) is 1. The molecule has 0 saturated carbocycles. The minimum atomic E-state index is -3.88. The third kappa shape index (κ3) is 8.12. The third-order valence-electron chi connectivity index (χ3n) is 5.76. The summed E-state index contributed by atoms with van der Waals surface area (Å²) < 4.78 is 48.4. The molecule has 0 radical (unpaired) electrons. The molecular formula is C26H29N5O6S2. The van der Waals surface area contributed by atoms with Gasteiger partial charge in [-0.1, -0.05) is 30.3 Å². The van der Waals surface area contributed by atoms with Gasteiger partial charge in [0.05, 0.1) is 15.5 Å². The lowest BCUT2D eigenvalue weighted by molar-refractivity contribution is -0.132. The van der Waals surface area contributed by atoms with Crippen LogP contribution in [0, 0.1) is 11.3 Å². The van der Waals surface area contributed by atoms with E-state index in [0.717, 1.165) is 24.1 Å². The molecule has 0 aromatic heterocycles. The Labute approximate surface area is 227 Å². The highest BCUT2D eigenvalue weighted by atomic mass is 32.2. The van der Waals surface area contributed by atoms with E-state index in [9.17, 15) is 26.4 Å². The largest absolute Gasteiger partial charge is 0.384 e. The van der Waals surface area contributed by atoms with E-state index in [1.165, 1.54) is 12.1 Å². The van der Waals surface area contributed by atoms with E-state index in [1.807, 2.05) is 30.3 Å². The first-order valence-corrected chi connectivity index (χ1v) is 15.4. The molecule has 1 atom stereocenters. The van der Waals surface area contributed by atoms with Crippen LogP contribution in [0.15, 0.2) is 82.6 Å². The van der Waals surface area contributed by atoms with Gasteiger partial charge in [-0.15, -0.1) is 0 Å². The second-order valence-electron chi connectivity index (χ2n) is 8.87. The maximum atomic E-state index is 13.2. The van der Waals surface area contributed by atoms with Gasteiger partial charge in [0.1, 0.15) is 11.8 Å². The van der Waals surface area contributed by atoms with Crippen molar-refractivity contribution in [2.75, 3.05) is 23.3 Å². The molecule has 0 heterocycles. The number of rotatable bonds is 11. The summed E-state index contributed by atoms with van der Waals surface area (Å²) in [4.78, 5) is 25.8. The second kappa shape index (κ2) is 12.1. The van der Waals surface area contributed by atoms with Crippen molar-refractivity contribution in [3.05, 3.63) is 83.9 Å². The van der Waals surface area contributed by atoms with Crippen LogP contribution >= 0.6 is 0 Å². The Kier molecular flexibility index (Phi) is 9.09. The van der Waals surface area contributed by atoms with Crippen molar-refractivity contribution in [2.24, 2.45) is 11.7 Å². The van der Waals surface area contributed by atoms with Crippen LogP contribution in [0.4, 0.5) is 11.4 Å². The van der Waals surface area contributed by atoms with Gasteiger partial charge >= 0.3 is 0 Å². The lowest BCUT2D eigenvalue weighted by atomic mass is 9.97. The number of nitrogen functional groups attached to an aromatic ring is 1. The van der Waals surface area contributed by atoms with Gasteiger partial charge in [-0.3, -0.25) is 25.8 Å². The third-order valence-corrected chi connectivity index (χ3v) is 8.01. The highest BCUT2D eigenvalue weighted by Crippen LogP contribution is 2.25. The fraction of sp³-hybridized carbons (Fsp3) is 0.192. The smallest absolute Gasteiger partial charge is 0.250 e. The van der Waals surface area contributed by atoms with Gasteiger partial charge in [0.15, 0.2) is 19.7 Å². The van der Waals surface area contributed by atoms with Crippen LogP contribution in [0.1, 0.15) is 17.5 Å². The molecule has 0 aliphatic carbocycles. The van der Waals surface area contributed by atoms with Crippen LogP contribution in [-0.2, 0) is 35.7 Å². The van der Waals surface area contributed by atoms with Crippen molar-refractivity contribution in [1.82, 2.24) is 5.43 Å². The summed E-state index contributed by atoms with van der Waals surface area (Å²) in [5, 5.41) is 10.2. The number of anilines is 2. The summed E-state index contributed by atoms with van der Waals surface area (Å²) in [6, 6.07) is 18.9. The molecule has 3 aromatic carbocycles. The predicted molar refractivity (Wildman–Crippen MR) is 149 cm³/mol. The van der Waals surface area contributed by atoms with Crippen molar-refractivity contribution in [1.29, 1.82) is 5.41 Å². The Bertz CT molecular complexity index is 1590. The zero-order valence-corrected chi connectivity index (χ0v) is 22.9. The second-order valence-corrected chi connectivity index (χ2v) is 12.9. The van der Waals surface area contributed by atoms with Gasteiger partial charge in [-0.25, -0.2) is 16.8 Å². The number of hydrazine groups is 1. The maximum Gasteiger partial charge on any atom is 0.250 e. The quantitative estimate of drug-likeness (QED) is 0.100. The van der Waals surface area contributed by atoms with Crippen molar-refractivity contribution in [2.45, 2.75) is 22.6 Å². The molecule has 0 fully saturated rings. The molecule has 13 heteroatoms. The SMILES string of the molecule is CS(=O)(=O)c1ccc(NNC(=O)C(CCc2ccccc2)C(=O)Nc2ccc(C(=N)N)cc2)c(S(C)(=O)=O)c1. The number of carbonyl (C=O) groups is 2. The van der Waals surface area contributed by atoms with Crippen LogP contribution in [0.5, 0.6) is 0 Å². The number of aryl methyl sites for hydroxylation is 1. The number of carbonyl (C=O) groups excluding carboxylic acids is 2. The standard InChI is InChI=1S/C26H29N5O6S2/c1-38(34,35)20-13-15-22(23(16-20)39(2,36)37)30-31-26(33)21(14-8-17-6-4-3-5-7-17)25(32)29-19-11-9-18(10-12-19)24(27)28/h3-7,9-13,15-16,21,30H,8,14H2,1-2H3,(H3,27,28)(H,29,32)(H,31,33). The Balaban J connectivity index is 1.82. The lowest BCUT2D eigenvalue weighted by Gasteiger charge is -2.19. The Morgan fingerprint density at radius 2 is 1.51 bits per heavy atom. The van der Waals surface area contributed by atoms with Crippen molar-refractivity contribution in [3.63, 3.8) is 0 Å². The van der Waals surface area contributed by atoms with Crippen molar-refractivity contribution >= 4 is 48.7 Å². The van der Waals surface area contributed by atoms with Crippen LogP contribution in [0.25, 0.3) is 0 Å². The number of nitrogens with one attached hydrogen (secondary N) is 4. The Morgan fingerprint density at radius 3 is 2.08 bits per heavy atom. The van der Waals surface area contributed by atoms with Crippen molar-refractivity contribution < 1.29 is 26.4 Å². The maximum absolute atomic E-state index is 13.2. The minimum absolute atomic E-state index is 0.0553. The first-order valence-electron chi connectivity index (χ1n) is 11.6. The summed E-state index contributed by atoms with van der Waals surface area (Å²) in [5.74, 6) is -2.63. The highest BCUT2D eigenvalue weighted by molar-refractivity contribution is 7.91. The normalized spacial score (nSPS) is 12.3. The topological polar surface area (TPSA) is 188 Å². The molecule has 1 unspecified atom stereocenters. The van der Waals surface area contributed by atoms with Gasteiger partial charge in [-0.2, -0.15) is 0 Å². The molecule has 2 amide bonds. The summed E-state index contributed by atoms with van der Waals surface area (Å²) in [5.41, 5.74) is 12.1. The van der Waals surface area contributed by atoms with Crippen LogP contribution in [0.3, 0.4) is 0 Å². The number of hydrogen-bond donors (Lipinski definition) is 5. The molecular weight excluding hydrogens is 542 g/mol. The van der Waals surface area contributed by atoms with E-state index < -0.39 is 37.4 Å².